The van der Waals surface area contributed by atoms with Gasteiger partial charge in [-0.05, 0) is 31.0 Å². The maximum absolute atomic E-state index is 12.8. The maximum atomic E-state index is 12.8. The Morgan fingerprint density at radius 1 is 1.42 bits per heavy atom. The Hall–Kier alpha value is -2.28. The number of rotatable bonds is 2. The molecule has 24 heavy (non-hydrogen) atoms. The number of carbonyl (C=O) groups is 2. The van der Waals surface area contributed by atoms with E-state index < -0.39 is 0 Å². The lowest BCUT2D eigenvalue weighted by atomic mass is 9.94. The number of hydrogen-bond acceptors (Lipinski definition) is 6. The minimum Gasteiger partial charge on any atom is -0.490 e. The van der Waals surface area contributed by atoms with Crippen LogP contribution >= 0.6 is 0 Å². The smallest absolute Gasteiger partial charge is 0.308 e. The summed E-state index contributed by atoms with van der Waals surface area (Å²) in [7, 11) is 3.13. The summed E-state index contributed by atoms with van der Waals surface area (Å²) in [6.45, 7) is 0.316. The third-order valence-corrected chi connectivity index (χ3v) is 4.66. The number of nitrogens with zero attached hydrogens (tertiary/aromatic N) is 1. The number of likely N-dealkylation sites (N-methyl/N-ethyl adjacent to an activating group) is 1. The zero-order valence-electron chi connectivity index (χ0n) is 13.9. The van der Waals surface area contributed by atoms with Gasteiger partial charge in [-0.2, -0.15) is 0 Å². The lowest BCUT2D eigenvalue weighted by Gasteiger charge is -2.42. The first-order valence-corrected chi connectivity index (χ1v) is 8.01. The van der Waals surface area contributed by atoms with Crippen molar-refractivity contribution in [3.63, 3.8) is 0 Å². The van der Waals surface area contributed by atoms with Gasteiger partial charge in [-0.25, -0.2) is 0 Å². The second-order valence-corrected chi connectivity index (χ2v) is 6.20. The van der Waals surface area contributed by atoms with Crippen molar-refractivity contribution in [1.82, 2.24) is 4.90 Å². The van der Waals surface area contributed by atoms with Crippen LogP contribution in [0.15, 0.2) is 18.2 Å². The molecule has 2 N–H and O–H groups in total. The van der Waals surface area contributed by atoms with E-state index in [4.69, 9.17) is 19.9 Å². The molecule has 3 atom stereocenters. The Morgan fingerprint density at radius 3 is 2.96 bits per heavy atom. The Kier molecular flexibility index (Phi) is 4.62. The summed E-state index contributed by atoms with van der Waals surface area (Å²) in [6.07, 6.45) is 1.15. The summed E-state index contributed by atoms with van der Waals surface area (Å²) >= 11 is 0. The monoisotopic (exact) mass is 334 g/mol. The van der Waals surface area contributed by atoms with Crippen molar-refractivity contribution in [3.8, 4) is 5.75 Å². The molecule has 2 heterocycles. The van der Waals surface area contributed by atoms with Gasteiger partial charge in [0.05, 0.1) is 31.2 Å². The van der Waals surface area contributed by atoms with E-state index >= 15 is 0 Å². The van der Waals surface area contributed by atoms with Gasteiger partial charge in [0.15, 0.2) is 0 Å². The van der Waals surface area contributed by atoms with Gasteiger partial charge in [0.25, 0.3) is 5.91 Å². The van der Waals surface area contributed by atoms with Crippen molar-refractivity contribution < 1.29 is 23.8 Å². The maximum Gasteiger partial charge on any atom is 0.308 e. The second-order valence-electron chi connectivity index (χ2n) is 6.20. The van der Waals surface area contributed by atoms with Crippen LogP contribution in [-0.4, -0.2) is 55.8 Å². The van der Waals surface area contributed by atoms with E-state index in [1.807, 2.05) is 0 Å². The average molecular weight is 334 g/mol. The average Bonchev–Trinajstić information content (AvgIpc) is 2.58. The van der Waals surface area contributed by atoms with E-state index in [2.05, 4.69) is 0 Å². The van der Waals surface area contributed by atoms with Crippen LogP contribution in [0.5, 0.6) is 5.75 Å². The number of esters is 1. The van der Waals surface area contributed by atoms with Crippen molar-refractivity contribution in [3.05, 3.63) is 23.8 Å². The third kappa shape index (κ3) is 3.17. The van der Waals surface area contributed by atoms with Crippen LogP contribution in [0, 0.1) is 0 Å². The highest BCUT2D eigenvalue weighted by Crippen LogP contribution is 2.32. The molecule has 130 valence electrons. The van der Waals surface area contributed by atoms with Crippen molar-refractivity contribution in [2.45, 2.75) is 37.5 Å². The number of nitrogens with two attached hydrogens (primary N) is 1. The number of hydrogen-bond donors (Lipinski definition) is 1. The molecule has 1 fully saturated rings. The molecule has 0 aromatic heterocycles. The molecule has 0 spiro atoms. The third-order valence-electron chi connectivity index (χ3n) is 4.66. The van der Waals surface area contributed by atoms with Gasteiger partial charge in [0, 0.05) is 12.7 Å². The molecule has 2 aliphatic rings. The number of methoxy groups -OCH3 is 1. The first-order valence-electron chi connectivity index (χ1n) is 8.01. The van der Waals surface area contributed by atoms with Gasteiger partial charge in [-0.1, -0.05) is 0 Å². The molecule has 2 aliphatic heterocycles. The number of nitrogen functional groups attached to an aromatic ring is 1. The van der Waals surface area contributed by atoms with Gasteiger partial charge in [0.2, 0.25) is 0 Å². The van der Waals surface area contributed by atoms with E-state index in [-0.39, 0.29) is 36.5 Å². The molecule has 3 rings (SSSR count). The highest BCUT2D eigenvalue weighted by atomic mass is 16.5. The number of anilines is 1. The van der Waals surface area contributed by atoms with Crippen molar-refractivity contribution in [1.29, 1.82) is 0 Å². The fraction of sp³-hybridized carbons (Fsp3) is 0.529. The van der Waals surface area contributed by atoms with Gasteiger partial charge >= 0.3 is 5.97 Å². The molecule has 0 saturated carbocycles. The summed E-state index contributed by atoms with van der Waals surface area (Å²) in [5.41, 5.74) is 6.78. The van der Waals surface area contributed by atoms with Crippen molar-refractivity contribution in [2.75, 3.05) is 26.5 Å². The molecule has 1 aromatic carbocycles. The van der Waals surface area contributed by atoms with E-state index in [1.165, 1.54) is 7.11 Å². The highest BCUT2D eigenvalue weighted by Gasteiger charge is 2.39. The summed E-state index contributed by atoms with van der Waals surface area (Å²) in [4.78, 5) is 25.9. The molecular weight excluding hydrogens is 312 g/mol. The predicted octanol–water partition coefficient (Wildman–Crippen LogP) is 1.21. The fourth-order valence-corrected chi connectivity index (χ4v) is 3.31. The summed E-state index contributed by atoms with van der Waals surface area (Å²) < 4.78 is 16.5. The molecular formula is C17H22N2O5. The van der Waals surface area contributed by atoms with Crippen LogP contribution in [0.4, 0.5) is 5.69 Å². The standard InChI is InChI=1S/C17H22N2O5/c1-19-13-5-4-11(8-16(20)22-2)24-15(13)9-23-14-6-3-10(18)7-12(14)17(19)21/h3,6-7,11,13,15H,4-5,8-9,18H2,1-2H3/t11-,13-,15-/m0/s1. The normalized spacial score (nSPS) is 26.5. The molecule has 0 radical (unpaired) electrons. The fourth-order valence-electron chi connectivity index (χ4n) is 3.31. The molecule has 1 aromatic rings. The van der Waals surface area contributed by atoms with E-state index in [0.717, 1.165) is 6.42 Å². The minimum absolute atomic E-state index is 0.0963. The Labute approximate surface area is 140 Å². The van der Waals surface area contributed by atoms with Crippen LogP contribution in [0.3, 0.4) is 0 Å². The number of ether oxygens (including phenoxy) is 3. The number of fused-ring (bicyclic) bond motifs is 2. The highest BCUT2D eigenvalue weighted by molar-refractivity contribution is 5.98. The first-order chi connectivity index (χ1) is 11.5. The Morgan fingerprint density at radius 2 is 2.21 bits per heavy atom. The summed E-state index contributed by atoms with van der Waals surface area (Å²) in [5, 5.41) is 0. The van der Waals surface area contributed by atoms with E-state index in [0.29, 0.717) is 30.0 Å². The predicted molar refractivity (Wildman–Crippen MR) is 86.8 cm³/mol. The SMILES string of the molecule is COC(=O)C[C@@H]1CC[C@H]2[C@H](COc3ccc(N)cc3C(=O)N2C)O1. The van der Waals surface area contributed by atoms with Gasteiger partial charge in [0.1, 0.15) is 18.5 Å². The van der Waals surface area contributed by atoms with Crippen LogP contribution in [-0.2, 0) is 14.3 Å². The number of carbonyl (C=O) groups excluding carboxylic acids is 2. The molecule has 7 nitrogen and oxygen atoms in total. The van der Waals surface area contributed by atoms with Crippen LogP contribution < -0.4 is 10.5 Å². The molecule has 7 heteroatoms. The van der Waals surface area contributed by atoms with Crippen LogP contribution in [0.1, 0.15) is 29.6 Å². The molecule has 0 unspecified atom stereocenters. The molecule has 0 aliphatic carbocycles. The quantitative estimate of drug-likeness (QED) is 0.646. The van der Waals surface area contributed by atoms with Gasteiger partial charge < -0.3 is 24.8 Å². The number of benzene rings is 1. The second kappa shape index (κ2) is 6.68. The van der Waals surface area contributed by atoms with Crippen molar-refractivity contribution >= 4 is 17.6 Å². The Balaban J connectivity index is 1.81. The van der Waals surface area contributed by atoms with Crippen molar-refractivity contribution in [2.24, 2.45) is 0 Å². The zero-order chi connectivity index (χ0) is 17.3. The van der Waals surface area contributed by atoms with Gasteiger partial charge in [-0.3, -0.25) is 9.59 Å². The lowest BCUT2D eigenvalue weighted by molar-refractivity contribution is -0.151. The summed E-state index contributed by atoms with van der Waals surface area (Å²) in [5.74, 6) is 0.0654. The Bertz CT molecular complexity index is 648. The molecule has 0 bridgehead atoms. The number of amides is 1. The first kappa shape index (κ1) is 16.6. The lowest BCUT2D eigenvalue weighted by Crippen LogP contribution is -2.53. The largest absolute Gasteiger partial charge is 0.490 e. The molecule has 1 amide bonds. The summed E-state index contributed by atoms with van der Waals surface area (Å²) in [6, 6.07) is 4.94. The van der Waals surface area contributed by atoms with E-state index in [9.17, 15) is 9.59 Å². The van der Waals surface area contributed by atoms with Gasteiger partial charge in [-0.15, -0.1) is 0 Å². The van der Waals surface area contributed by atoms with Crippen LogP contribution in [0.25, 0.3) is 0 Å². The topological polar surface area (TPSA) is 91.1 Å². The zero-order valence-corrected chi connectivity index (χ0v) is 13.9. The minimum atomic E-state index is -0.296. The van der Waals surface area contributed by atoms with E-state index in [1.54, 1.807) is 30.1 Å². The van der Waals surface area contributed by atoms with Crippen LogP contribution in [0.2, 0.25) is 0 Å². The molecule has 1 saturated heterocycles.